The van der Waals surface area contributed by atoms with Gasteiger partial charge in [0.25, 0.3) is 5.91 Å². The average molecular weight is 329 g/mol. The van der Waals surface area contributed by atoms with Gasteiger partial charge in [0.1, 0.15) is 5.69 Å². The fourth-order valence-corrected chi connectivity index (χ4v) is 3.39. The topological polar surface area (TPSA) is 57.4 Å². The van der Waals surface area contributed by atoms with Crippen molar-refractivity contribution in [3.8, 4) is 0 Å². The van der Waals surface area contributed by atoms with Crippen molar-refractivity contribution in [2.45, 2.75) is 33.2 Å². The number of hydrogen-bond acceptors (Lipinski definition) is 3. The van der Waals surface area contributed by atoms with E-state index in [1.807, 2.05) is 6.07 Å². The van der Waals surface area contributed by atoms with Gasteiger partial charge >= 0.3 is 0 Å². The van der Waals surface area contributed by atoms with Crippen LogP contribution in [-0.4, -0.2) is 54.2 Å². The minimum Gasteiger partial charge on any atom is -0.379 e. The number of hydrogen-bond donors (Lipinski definition) is 2. The lowest BCUT2D eigenvalue weighted by Crippen LogP contribution is -2.55. The molecule has 2 aromatic rings. The molecule has 1 amide bonds. The van der Waals surface area contributed by atoms with Crippen LogP contribution in [-0.2, 0) is 4.74 Å². The van der Waals surface area contributed by atoms with Crippen LogP contribution in [0, 0.1) is 13.8 Å². The normalized spacial score (nSPS) is 16.5. The number of aryl methyl sites for hydroxylation is 2. The number of nitrogens with one attached hydrogen (secondary N) is 2. The van der Waals surface area contributed by atoms with Crippen LogP contribution in [0.5, 0.6) is 0 Å². The Morgan fingerprint density at radius 3 is 2.67 bits per heavy atom. The minimum absolute atomic E-state index is 0.0513. The Morgan fingerprint density at radius 1 is 1.25 bits per heavy atom. The lowest BCUT2D eigenvalue weighted by atomic mass is 10.0. The highest BCUT2D eigenvalue weighted by Crippen LogP contribution is 2.22. The molecule has 0 saturated carbocycles. The van der Waals surface area contributed by atoms with Crippen molar-refractivity contribution in [2.24, 2.45) is 0 Å². The van der Waals surface area contributed by atoms with Gasteiger partial charge in [-0.15, -0.1) is 0 Å². The fraction of sp³-hybridized carbons (Fsp3) is 0.526. The predicted octanol–water partition coefficient (Wildman–Crippen LogP) is 2.63. The SMILES string of the molecule is Cc1cc(C)c2cc(C(=O)NCC(C)(C)N3CCOCC3)[nH]c2c1. The Morgan fingerprint density at radius 2 is 1.96 bits per heavy atom. The smallest absolute Gasteiger partial charge is 0.267 e. The molecule has 0 aliphatic carbocycles. The van der Waals surface area contributed by atoms with E-state index < -0.39 is 0 Å². The maximum Gasteiger partial charge on any atom is 0.267 e. The summed E-state index contributed by atoms with van der Waals surface area (Å²) in [6.07, 6.45) is 0. The van der Waals surface area contributed by atoms with Gasteiger partial charge in [0.15, 0.2) is 0 Å². The standard InChI is InChI=1S/C19H27N3O2/c1-13-9-14(2)15-11-17(21-16(15)10-13)18(23)20-12-19(3,4)22-5-7-24-8-6-22/h9-11,21H,5-8,12H2,1-4H3,(H,20,23). The molecule has 24 heavy (non-hydrogen) atoms. The summed E-state index contributed by atoms with van der Waals surface area (Å²) >= 11 is 0. The summed E-state index contributed by atoms with van der Waals surface area (Å²) in [5.74, 6) is -0.0513. The number of nitrogens with zero attached hydrogens (tertiary/aromatic N) is 1. The van der Waals surface area contributed by atoms with Crippen molar-refractivity contribution in [3.63, 3.8) is 0 Å². The molecule has 1 aromatic heterocycles. The monoisotopic (exact) mass is 329 g/mol. The van der Waals surface area contributed by atoms with E-state index >= 15 is 0 Å². The summed E-state index contributed by atoms with van der Waals surface area (Å²) in [5.41, 5.74) is 3.94. The fourth-order valence-electron chi connectivity index (χ4n) is 3.39. The predicted molar refractivity (Wildman–Crippen MR) is 96.6 cm³/mol. The first-order valence-corrected chi connectivity index (χ1v) is 8.58. The highest BCUT2D eigenvalue weighted by atomic mass is 16.5. The van der Waals surface area contributed by atoms with Gasteiger partial charge in [0.05, 0.1) is 13.2 Å². The van der Waals surface area contributed by atoms with Gasteiger partial charge in [-0.3, -0.25) is 9.69 Å². The van der Waals surface area contributed by atoms with Gasteiger partial charge in [0.2, 0.25) is 0 Å². The first-order valence-electron chi connectivity index (χ1n) is 8.58. The molecule has 5 nitrogen and oxygen atoms in total. The van der Waals surface area contributed by atoms with E-state index in [2.05, 4.69) is 55.0 Å². The Balaban J connectivity index is 1.69. The van der Waals surface area contributed by atoms with Gasteiger partial charge in [-0.2, -0.15) is 0 Å². The number of aromatic nitrogens is 1. The van der Waals surface area contributed by atoms with Gasteiger partial charge in [-0.05, 0) is 51.0 Å². The molecule has 1 aliphatic heterocycles. The second kappa shape index (κ2) is 6.57. The van der Waals surface area contributed by atoms with E-state index in [0.29, 0.717) is 12.2 Å². The number of amides is 1. The lowest BCUT2D eigenvalue weighted by Gasteiger charge is -2.40. The van der Waals surface area contributed by atoms with Gasteiger partial charge in [0, 0.05) is 36.1 Å². The number of carbonyl (C=O) groups excluding carboxylic acids is 1. The van der Waals surface area contributed by atoms with Gasteiger partial charge < -0.3 is 15.0 Å². The van der Waals surface area contributed by atoms with Crippen LogP contribution >= 0.6 is 0 Å². The van der Waals surface area contributed by atoms with E-state index in [-0.39, 0.29) is 11.4 Å². The molecule has 0 spiro atoms. The minimum atomic E-state index is -0.0854. The van der Waals surface area contributed by atoms with Crippen molar-refractivity contribution < 1.29 is 9.53 Å². The van der Waals surface area contributed by atoms with E-state index in [9.17, 15) is 4.79 Å². The second-order valence-electron chi connectivity index (χ2n) is 7.32. The van der Waals surface area contributed by atoms with Crippen LogP contribution in [0.3, 0.4) is 0 Å². The maximum absolute atomic E-state index is 12.6. The molecule has 1 fully saturated rings. The first-order chi connectivity index (χ1) is 11.4. The van der Waals surface area contributed by atoms with Gasteiger partial charge in [-0.1, -0.05) is 6.07 Å². The van der Waals surface area contributed by atoms with Crippen LogP contribution in [0.25, 0.3) is 10.9 Å². The number of rotatable bonds is 4. The third-order valence-electron chi connectivity index (χ3n) is 4.88. The molecule has 1 aliphatic rings. The number of fused-ring (bicyclic) bond motifs is 1. The molecule has 5 heteroatoms. The summed E-state index contributed by atoms with van der Waals surface area (Å²) in [7, 11) is 0. The zero-order valence-electron chi connectivity index (χ0n) is 15.0. The van der Waals surface area contributed by atoms with Crippen molar-refractivity contribution in [2.75, 3.05) is 32.8 Å². The molecule has 2 heterocycles. The van der Waals surface area contributed by atoms with E-state index in [1.54, 1.807) is 0 Å². The molecule has 2 N–H and O–H groups in total. The Bertz CT molecular complexity index is 742. The number of H-pyrrole nitrogens is 1. The number of aromatic amines is 1. The van der Waals surface area contributed by atoms with E-state index in [0.717, 1.165) is 37.2 Å². The Hall–Kier alpha value is -1.85. The van der Waals surface area contributed by atoms with E-state index in [1.165, 1.54) is 11.1 Å². The molecular formula is C19H27N3O2. The van der Waals surface area contributed by atoms with E-state index in [4.69, 9.17) is 4.74 Å². The Labute approximate surface area is 143 Å². The van der Waals surface area contributed by atoms with Crippen LogP contribution in [0.15, 0.2) is 18.2 Å². The molecule has 0 bridgehead atoms. The van der Waals surface area contributed by atoms with Crippen molar-refractivity contribution >= 4 is 16.8 Å². The molecule has 0 unspecified atom stereocenters. The number of ether oxygens (including phenoxy) is 1. The summed E-state index contributed by atoms with van der Waals surface area (Å²) in [4.78, 5) is 18.2. The highest BCUT2D eigenvalue weighted by molar-refractivity contribution is 5.99. The third-order valence-corrected chi connectivity index (χ3v) is 4.88. The molecule has 1 saturated heterocycles. The molecule has 130 valence electrons. The number of carbonyl (C=O) groups is 1. The molecule has 1 aromatic carbocycles. The number of morpholine rings is 1. The lowest BCUT2D eigenvalue weighted by molar-refractivity contribution is -0.00924. The molecule has 0 radical (unpaired) electrons. The van der Waals surface area contributed by atoms with Crippen molar-refractivity contribution in [3.05, 3.63) is 35.0 Å². The number of benzene rings is 1. The van der Waals surface area contributed by atoms with Gasteiger partial charge in [-0.25, -0.2) is 0 Å². The van der Waals surface area contributed by atoms with Crippen molar-refractivity contribution in [1.29, 1.82) is 0 Å². The zero-order valence-corrected chi connectivity index (χ0v) is 15.0. The van der Waals surface area contributed by atoms with Crippen LogP contribution in [0.1, 0.15) is 35.5 Å². The summed E-state index contributed by atoms with van der Waals surface area (Å²) in [6, 6.07) is 6.16. The summed E-state index contributed by atoms with van der Waals surface area (Å²) in [6.45, 7) is 12.4. The Kier molecular flexibility index (Phi) is 4.65. The quantitative estimate of drug-likeness (QED) is 0.906. The maximum atomic E-state index is 12.6. The average Bonchev–Trinajstić information content (AvgIpc) is 2.98. The van der Waals surface area contributed by atoms with Crippen LogP contribution in [0.4, 0.5) is 0 Å². The first kappa shape index (κ1) is 17.0. The highest BCUT2D eigenvalue weighted by Gasteiger charge is 2.28. The van der Waals surface area contributed by atoms with Crippen molar-refractivity contribution in [1.82, 2.24) is 15.2 Å². The zero-order chi connectivity index (χ0) is 17.3. The summed E-state index contributed by atoms with van der Waals surface area (Å²) in [5, 5.41) is 4.19. The third kappa shape index (κ3) is 3.47. The molecule has 0 atom stereocenters. The molecular weight excluding hydrogens is 302 g/mol. The van der Waals surface area contributed by atoms with Crippen LogP contribution in [0.2, 0.25) is 0 Å². The van der Waals surface area contributed by atoms with Crippen LogP contribution < -0.4 is 5.32 Å². The molecule has 3 rings (SSSR count). The largest absolute Gasteiger partial charge is 0.379 e. The summed E-state index contributed by atoms with van der Waals surface area (Å²) < 4.78 is 5.41. The second-order valence-corrected chi connectivity index (χ2v) is 7.32.